The molecule has 0 radical (unpaired) electrons. The molecule has 17 rings (SSSR count). The molecular weight excluding hydrogens is 1950 g/mol. The van der Waals surface area contributed by atoms with E-state index in [0.717, 1.165) is 106 Å². The standard InChI is InChI=1S/C27H24F3N3O4.C22H24N2O5.C20H18F3N3O4.C18H18O7.C7H6F3N.C6H14N2.CH2O3.2CH4.Na/c28-16-10-19(29)17(20(30)11-16)12-31-26(35)18-13-33-22-9-5-4-8-21(22)32-27(36)23(33)25(24(18)34)37-14-15-6-2-1-3-7-15;1-2-28-22(27)15-12-24-17-11-7-6-10-16(17)23-21(26)18(24)20(19(15)25)29-13-14-8-4-3-5-9-14;21-9-5-12(22)10(13(23)6-9)7-24-19(29)11-8-26-15-4-2-1-3-14(15)25-20(30)16(26)18(28)17(11)27;1-3-22-17(20)13-11-25-16(18(21)23-4-2)15(14(13)19)24-10-12-8-6-5-7-9-12;8-4-1-6(9)5(3-11)7(10)2-4;7-5-3-1-2-4-6(5)8;2-1-4-3;;;/h1-3,6-7,10-11,13,21-22H,4-5,8-9,12,14H2,(H,31,35)(H,32,36);3-5,8-9,12,16-17H,2,6-7,10-11,13H2,1H3,(H,23,26);5-6,8,14-15,28H,1-4,7H2,(H,24,29)(H,25,30);5-9,11H,3-4,10H2,1-2H3;1-2H,3,11H2;5-6H,1-4,7-8H2;1,3H;2*1H4;/q;;;;;;;;;+1/p-1/t21-,22-;16-,17-;14-,15-;;;5-,6-;;;;/m111..1..../s1. The topological polar surface area (TPSA) is 496 Å². The predicted molar refractivity (Wildman–Crippen MR) is 509 cm³/mol. The number of fused-ring (bicyclic) bond motifs is 9. The molecule has 0 spiro atoms. The van der Waals surface area contributed by atoms with Gasteiger partial charge in [-0.1, -0.05) is 157 Å². The second-order valence-corrected chi connectivity index (χ2v) is 33.7. The third kappa shape index (κ3) is 30.0. The van der Waals surface area contributed by atoms with Gasteiger partial charge < -0.3 is 106 Å². The van der Waals surface area contributed by atoms with Crippen molar-refractivity contribution in [2.75, 3.05) is 19.8 Å². The van der Waals surface area contributed by atoms with Crippen molar-refractivity contribution in [3.63, 3.8) is 0 Å². The Balaban J connectivity index is 0.000000222. The number of amides is 5. The van der Waals surface area contributed by atoms with Crippen molar-refractivity contribution in [1.29, 1.82) is 0 Å². The molecule has 0 unspecified atom stereocenters. The fourth-order valence-corrected chi connectivity index (χ4v) is 17.2. The predicted octanol–water partition coefficient (Wildman–Crippen LogP) is 10.0. The number of nitrogens with zero attached hydrogens (tertiary/aromatic N) is 3. The minimum absolute atomic E-state index is 0. The zero-order valence-electron chi connectivity index (χ0n) is 79.2. The molecule has 4 saturated carbocycles. The average Bonchev–Trinajstić information content (AvgIpc) is 0.735. The quantitative estimate of drug-likeness (QED) is 0.00546. The first-order valence-corrected chi connectivity index (χ1v) is 46.2. The second kappa shape index (κ2) is 56.5. The Labute approximate surface area is 859 Å². The molecule has 4 aromatic heterocycles. The molecule has 7 heterocycles. The first kappa shape index (κ1) is 118. The van der Waals surface area contributed by atoms with Crippen LogP contribution in [0.3, 0.4) is 0 Å². The smallest absolute Gasteiger partial charge is 0.662 e. The summed E-state index contributed by atoms with van der Waals surface area (Å²) >= 11 is 0. The normalized spacial score (nSPS) is 17.5. The maximum atomic E-state index is 14.1. The molecule has 7 aliphatic rings. The van der Waals surface area contributed by atoms with Crippen molar-refractivity contribution in [2.24, 2.45) is 17.2 Å². The molecule has 12 N–H and O–H groups in total. The summed E-state index contributed by atoms with van der Waals surface area (Å²) < 4.78 is 161. The van der Waals surface area contributed by atoms with E-state index in [1.807, 2.05) is 54.6 Å². The van der Waals surface area contributed by atoms with E-state index in [-0.39, 0.29) is 208 Å². The van der Waals surface area contributed by atoms with E-state index in [1.165, 1.54) is 36.0 Å². The molecule has 34 nitrogen and oxygen atoms in total. The van der Waals surface area contributed by atoms with Crippen molar-refractivity contribution in [3.05, 3.63) is 324 Å². The number of halogens is 9. The van der Waals surface area contributed by atoms with Crippen LogP contribution >= 0.6 is 0 Å². The Bertz CT molecular complexity index is 6490. The van der Waals surface area contributed by atoms with Crippen molar-refractivity contribution in [1.82, 2.24) is 40.3 Å². The van der Waals surface area contributed by atoms with E-state index in [0.29, 0.717) is 42.8 Å². The van der Waals surface area contributed by atoms with Crippen molar-refractivity contribution >= 4 is 53.9 Å². The maximum absolute atomic E-state index is 14.1. The molecule has 8 atom stereocenters. The van der Waals surface area contributed by atoms with Gasteiger partial charge in [0.1, 0.15) is 101 Å². The van der Waals surface area contributed by atoms with E-state index in [1.54, 1.807) is 66.3 Å². The van der Waals surface area contributed by atoms with Crippen LogP contribution in [0.5, 0.6) is 23.0 Å². The molecule has 0 saturated heterocycles. The zero-order chi connectivity index (χ0) is 104. The number of carbonyl (C=O) groups is 9. The molecule has 10 aromatic rings. The Hall–Kier alpha value is -14.2. The minimum Gasteiger partial charge on any atom is -0.662 e. The molecule has 147 heavy (non-hydrogen) atoms. The number of hydrogen-bond donors (Lipinski definition) is 9. The van der Waals surface area contributed by atoms with Crippen LogP contribution < -0.4 is 115 Å². The number of benzene rings is 6. The maximum Gasteiger partial charge on any atom is 1.00 e. The van der Waals surface area contributed by atoms with E-state index >= 15 is 0 Å². The number of nitrogens with two attached hydrogens (primary N) is 3. The summed E-state index contributed by atoms with van der Waals surface area (Å²) in [5, 5.41) is 32.0. The van der Waals surface area contributed by atoms with Gasteiger partial charge in [-0.25, -0.2) is 53.9 Å². The number of pyridine rings is 3. The van der Waals surface area contributed by atoms with E-state index in [9.17, 15) is 102 Å². The van der Waals surface area contributed by atoms with Crippen LogP contribution in [0.4, 0.5) is 39.5 Å². The van der Waals surface area contributed by atoms with Crippen LogP contribution in [-0.2, 0) is 63.3 Å². The third-order valence-corrected chi connectivity index (χ3v) is 24.3. The number of nitrogens with one attached hydrogen (secondary N) is 5. The fourth-order valence-electron chi connectivity index (χ4n) is 17.2. The Kier molecular flexibility index (Phi) is 45.3. The number of aromatic hydroxyl groups is 1. The number of esters is 3. The average molecular weight is 2070 g/mol. The monoisotopic (exact) mass is 2070 g/mol. The number of carbonyl (C=O) groups excluding carboxylic acids is 9. The summed E-state index contributed by atoms with van der Waals surface area (Å²) in [6.45, 7) is 3.71. The van der Waals surface area contributed by atoms with Crippen LogP contribution in [-0.4, -0.2) is 123 Å². The summed E-state index contributed by atoms with van der Waals surface area (Å²) in [5.74, 6) is -17.4. The van der Waals surface area contributed by atoms with Crippen LogP contribution in [0.2, 0.25) is 0 Å². The minimum atomic E-state index is -1.18. The van der Waals surface area contributed by atoms with Crippen LogP contribution in [0.25, 0.3) is 0 Å². The van der Waals surface area contributed by atoms with Gasteiger partial charge in [0.2, 0.25) is 27.5 Å². The molecule has 44 heteroatoms. The molecule has 0 bridgehead atoms. The van der Waals surface area contributed by atoms with Crippen LogP contribution in [0, 0.1) is 52.4 Å². The summed E-state index contributed by atoms with van der Waals surface area (Å²) in [5.41, 5.74) is 12.8. The van der Waals surface area contributed by atoms with Gasteiger partial charge in [0.25, 0.3) is 41.8 Å². The number of aromatic nitrogens is 3. The molecule has 3 aliphatic heterocycles. The Morgan fingerprint density at radius 1 is 0.435 bits per heavy atom. The van der Waals surface area contributed by atoms with E-state index < -0.39 is 157 Å². The largest absolute Gasteiger partial charge is 1.00 e. The van der Waals surface area contributed by atoms with Gasteiger partial charge in [0, 0.05) is 122 Å². The Morgan fingerprint density at radius 2 is 0.735 bits per heavy atom. The molecule has 4 aliphatic carbocycles. The van der Waals surface area contributed by atoms with Crippen molar-refractivity contribution in [3.8, 4) is 23.0 Å². The van der Waals surface area contributed by atoms with Gasteiger partial charge in [-0.15, -0.1) is 0 Å². The fraction of sp³-hybridized carbons (Fsp3) is 0.369. The van der Waals surface area contributed by atoms with Crippen molar-refractivity contribution in [2.45, 2.75) is 226 Å². The number of hydrogen-bond acceptors (Lipinski definition) is 26. The van der Waals surface area contributed by atoms with Gasteiger partial charge in [0.15, 0.2) is 34.3 Å². The third-order valence-electron chi connectivity index (χ3n) is 24.3. The van der Waals surface area contributed by atoms with E-state index in [2.05, 4.69) is 31.5 Å². The zero-order valence-corrected chi connectivity index (χ0v) is 81.2. The molecular formula is C103H113F9N11NaO23. The van der Waals surface area contributed by atoms with Gasteiger partial charge in [-0.05, 0) is 88.8 Å². The molecule has 4 fully saturated rings. The van der Waals surface area contributed by atoms with Gasteiger partial charge in [0.05, 0.1) is 37.9 Å². The first-order valence-electron chi connectivity index (χ1n) is 46.2. The summed E-state index contributed by atoms with van der Waals surface area (Å²) in [4.78, 5) is 163. The van der Waals surface area contributed by atoms with Crippen molar-refractivity contribution < 1.29 is 160 Å². The van der Waals surface area contributed by atoms with E-state index in [4.69, 9.17) is 60.1 Å². The van der Waals surface area contributed by atoms with Gasteiger partial charge in [-0.3, -0.25) is 47.9 Å². The number of ether oxygens (including phenoxy) is 6. The molecule has 6 aromatic carbocycles. The summed E-state index contributed by atoms with van der Waals surface area (Å²) in [6, 6.07) is 30.4. The van der Waals surface area contributed by atoms with Crippen LogP contribution in [0.15, 0.2) is 176 Å². The molecule has 782 valence electrons. The SMILES string of the molecule is C.C.CCOC(=O)c1cn2c(c(OCc3ccccc3)c1=O)C(=O)N[C@@H]1CCCC[C@H]12.CCOC(=O)c1occ(C(=O)OCC)c(=O)c1OCc1ccccc1.NCc1c(F)cc(F)cc1F.N[C@@H]1CCCC[C@H]1N.O=C(NCc1c(F)cc(F)cc1F)c1cn2c(c(O)c1=O)C(=O)N[C@@H]1CCCC[C@H]12.O=C(NCc1c(F)cc(F)cc1F)c1cn2c(c(OCc3ccccc3)c1=O)C(=O)N[C@@H]1CCCC[C@H]12.O=CO[O-].[Na+]. The second-order valence-electron chi connectivity index (χ2n) is 33.7. The molecule has 5 amide bonds. The first-order chi connectivity index (χ1) is 69.1. The summed E-state index contributed by atoms with van der Waals surface area (Å²) in [6.07, 6.45) is 20.0. The van der Waals surface area contributed by atoms with Gasteiger partial charge >= 0.3 is 47.5 Å². The van der Waals surface area contributed by atoms with Gasteiger partial charge in [-0.2, -0.15) is 0 Å². The summed E-state index contributed by atoms with van der Waals surface area (Å²) in [7, 11) is 0. The van der Waals surface area contributed by atoms with Crippen LogP contribution in [0.1, 0.15) is 273 Å². The Morgan fingerprint density at radius 3 is 1.09 bits per heavy atom. The number of rotatable bonds is 23.